The number of hydrogen-bond donors (Lipinski definition) is 1. The van der Waals surface area contributed by atoms with Gasteiger partial charge in [0.1, 0.15) is 0 Å². The van der Waals surface area contributed by atoms with Crippen LogP contribution in [0.5, 0.6) is 0 Å². The van der Waals surface area contributed by atoms with Crippen molar-refractivity contribution < 1.29 is 0 Å². The Morgan fingerprint density at radius 2 is 2.12 bits per heavy atom. The molecule has 1 aromatic heterocycles. The Morgan fingerprint density at radius 1 is 1.21 bits per heavy atom. The van der Waals surface area contributed by atoms with Crippen molar-refractivity contribution in [2.24, 2.45) is 0 Å². The van der Waals surface area contributed by atoms with Crippen LogP contribution in [0.1, 0.15) is 43.2 Å². The molecule has 0 aliphatic heterocycles. The van der Waals surface area contributed by atoms with E-state index in [4.69, 9.17) is 4.98 Å². The van der Waals surface area contributed by atoms with Crippen LogP contribution >= 0.6 is 0 Å². The molecule has 1 N–H and O–H groups in total. The zero-order chi connectivity index (χ0) is 16.4. The number of benzene rings is 1. The van der Waals surface area contributed by atoms with E-state index in [0.717, 1.165) is 43.9 Å². The summed E-state index contributed by atoms with van der Waals surface area (Å²) in [6, 6.07) is 8.70. The molecule has 2 aliphatic rings. The number of allylic oxidation sites excluding steroid dienone is 4. The molecule has 0 saturated carbocycles. The molecular formula is C21H23N3. The van der Waals surface area contributed by atoms with E-state index in [1.165, 1.54) is 22.3 Å². The molecule has 122 valence electrons. The van der Waals surface area contributed by atoms with Crippen LogP contribution in [-0.2, 0) is 6.42 Å². The van der Waals surface area contributed by atoms with Crippen molar-refractivity contribution in [2.45, 2.75) is 38.5 Å². The number of nitrogens with zero attached hydrogens (tertiary/aromatic N) is 2. The fourth-order valence-corrected chi connectivity index (χ4v) is 3.65. The zero-order valence-electron chi connectivity index (χ0n) is 14.1. The molecular weight excluding hydrogens is 294 g/mol. The zero-order valence-corrected chi connectivity index (χ0v) is 14.1. The summed E-state index contributed by atoms with van der Waals surface area (Å²) in [4.78, 5) is 9.33. The second-order valence-electron chi connectivity index (χ2n) is 6.52. The molecule has 1 atom stereocenters. The van der Waals surface area contributed by atoms with E-state index in [2.05, 4.69) is 59.7 Å². The van der Waals surface area contributed by atoms with Gasteiger partial charge in [-0.2, -0.15) is 0 Å². The Morgan fingerprint density at radius 3 is 2.96 bits per heavy atom. The summed E-state index contributed by atoms with van der Waals surface area (Å²) in [6.07, 6.45) is 13.4. The molecule has 0 bridgehead atoms. The predicted octanol–water partition coefficient (Wildman–Crippen LogP) is 4.88. The Kier molecular flexibility index (Phi) is 4.16. The number of fused-ring (bicyclic) bond motifs is 3. The van der Waals surface area contributed by atoms with Gasteiger partial charge in [0.05, 0.1) is 5.69 Å². The summed E-state index contributed by atoms with van der Waals surface area (Å²) in [5, 5.41) is 3.31. The molecule has 2 aromatic rings. The monoisotopic (exact) mass is 317 g/mol. The minimum absolute atomic E-state index is 0.420. The summed E-state index contributed by atoms with van der Waals surface area (Å²) < 4.78 is 0. The lowest BCUT2D eigenvalue weighted by molar-refractivity contribution is 0.767. The smallest absolute Gasteiger partial charge is 0.223 e. The molecule has 1 heterocycles. The van der Waals surface area contributed by atoms with E-state index in [9.17, 15) is 0 Å². The number of anilines is 1. The highest BCUT2D eigenvalue weighted by Crippen LogP contribution is 2.42. The molecule has 0 fully saturated rings. The van der Waals surface area contributed by atoms with Crippen molar-refractivity contribution >= 4 is 5.95 Å². The molecule has 24 heavy (non-hydrogen) atoms. The molecule has 3 heteroatoms. The first-order valence-electron chi connectivity index (χ1n) is 8.92. The van der Waals surface area contributed by atoms with Crippen molar-refractivity contribution in [1.82, 2.24) is 9.97 Å². The highest BCUT2D eigenvalue weighted by molar-refractivity contribution is 5.72. The molecule has 4 rings (SSSR count). The first-order chi connectivity index (χ1) is 11.9. The average Bonchev–Trinajstić information content (AvgIpc) is 2.66. The predicted molar refractivity (Wildman–Crippen MR) is 99.2 cm³/mol. The molecule has 0 saturated heterocycles. The van der Waals surface area contributed by atoms with E-state index in [1.54, 1.807) is 0 Å². The van der Waals surface area contributed by atoms with Gasteiger partial charge in [-0.15, -0.1) is 0 Å². The van der Waals surface area contributed by atoms with Gasteiger partial charge in [0.2, 0.25) is 5.95 Å². The van der Waals surface area contributed by atoms with Gasteiger partial charge in [-0.3, -0.25) is 0 Å². The maximum Gasteiger partial charge on any atom is 0.223 e. The second-order valence-corrected chi connectivity index (χ2v) is 6.52. The summed E-state index contributed by atoms with van der Waals surface area (Å²) in [7, 11) is 0. The highest BCUT2D eigenvalue weighted by atomic mass is 15.1. The van der Waals surface area contributed by atoms with Gasteiger partial charge in [-0.05, 0) is 42.4 Å². The van der Waals surface area contributed by atoms with Crippen LogP contribution in [0.2, 0.25) is 0 Å². The van der Waals surface area contributed by atoms with Gasteiger partial charge < -0.3 is 5.32 Å². The number of hydrogen-bond acceptors (Lipinski definition) is 3. The third kappa shape index (κ3) is 2.75. The van der Waals surface area contributed by atoms with Crippen molar-refractivity contribution in [1.29, 1.82) is 0 Å². The van der Waals surface area contributed by atoms with Crippen LogP contribution in [0.4, 0.5) is 5.95 Å². The lowest BCUT2D eigenvalue weighted by Crippen LogP contribution is -2.16. The van der Waals surface area contributed by atoms with Crippen molar-refractivity contribution in [2.75, 3.05) is 11.9 Å². The lowest BCUT2D eigenvalue weighted by atomic mass is 9.76. The molecule has 3 nitrogen and oxygen atoms in total. The normalized spacial score (nSPS) is 18.5. The first kappa shape index (κ1) is 15.1. The Labute approximate surface area is 143 Å². The standard InChI is InChI=1S/C21H23N3/c1-2-12-22-21-23-14-16-13-19(15-8-4-3-5-9-15)17-10-6-7-11-18(17)20(16)24-21/h4,6-11,14,19H,2-3,5,12-13H2,1H3,(H,22,23,24). The largest absolute Gasteiger partial charge is 0.354 e. The van der Waals surface area contributed by atoms with Crippen LogP contribution in [0.15, 0.2) is 54.3 Å². The Bertz CT molecular complexity index is 804. The van der Waals surface area contributed by atoms with E-state index < -0.39 is 0 Å². The molecule has 1 aromatic carbocycles. The van der Waals surface area contributed by atoms with E-state index in [0.29, 0.717) is 5.92 Å². The summed E-state index contributed by atoms with van der Waals surface area (Å²) in [5.74, 6) is 1.16. The molecule has 0 radical (unpaired) electrons. The average molecular weight is 317 g/mol. The van der Waals surface area contributed by atoms with Gasteiger partial charge in [-0.1, -0.05) is 49.4 Å². The van der Waals surface area contributed by atoms with E-state index >= 15 is 0 Å². The van der Waals surface area contributed by atoms with Gasteiger partial charge in [0.15, 0.2) is 0 Å². The number of aromatic nitrogens is 2. The molecule has 2 aliphatic carbocycles. The molecule has 0 amide bonds. The number of rotatable bonds is 4. The maximum atomic E-state index is 4.81. The molecule has 0 spiro atoms. The fraction of sp³-hybridized carbons (Fsp3) is 0.333. The van der Waals surface area contributed by atoms with Crippen molar-refractivity contribution in [3.05, 3.63) is 65.4 Å². The Hall–Kier alpha value is -2.42. The van der Waals surface area contributed by atoms with E-state index in [1.807, 2.05) is 6.20 Å². The summed E-state index contributed by atoms with van der Waals surface area (Å²) in [6.45, 7) is 3.05. The van der Waals surface area contributed by atoms with Crippen LogP contribution in [0, 0.1) is 0 Å². The second kappa shape index (κ2) is 6.60. The van der Waals surface area contributed by atoms with Gasteiger partial charge in [-0.25, -0.2) is 9.97 Å². The Balaban J connectivity index is 1.76. The van der Waals surface area contributed by atoms with Crippen molar-refractivity contribution in [3.8, 4) is 11.3 Å². The maximum absolute atomic E-state index is 4.81. The van der Waals surface area contributed by atoms with Crippen LogP contribution < -0.4 is 5.32 Å². The van der Waals surface area contributed by atoms with Crippen LogP contribution in [-0.4, -0.2) is 16.5 Å². The fourth-order valence-electron chi connectivity index (χ4n) is 3.65. The topological polar surface area (TPSA) is 37.8 Å². The van der Waals surface area contributed by atoms with Crippen LogP contribution in [0.25, 0.3) is 11.3 Å². The minimum atomic E-state index is 0.420. The third-order valence-electron chi connectivity index (χ3n) is 4.84. The van der Waals surface area contributed by atoms with Crippen molar-refractivity contribution in [3.63, 3.8) is 0 Å². The molecule has 1 unspecified atom stereocenters. The summed E-state index contributed by atoms with van der Waals surface area (Å²) >= 11 is 0. The first-order valence-corrected chi connectivity index (χ1v) is 8.92. The quantitative estimate of drug-likeness (QED) is 0.873. The minimum Gasteiger partial charge on any atom is -0.354 e. The van der Waals surface area contributed by atoms with Gasteiger partial charge >= 0.3 is 0 Å². The van der Waals surface area contributed by atoms with Crippen LogP contribution in [0.3, 0.4) is 0 Å². The van der Waals surface area contributed by atoms with E-state index in [-0.39, 0.29) is 0 Å². The van der Waals surface area contributed by atoms with Gasteiger partial charge in [0, 0.05) is 24.2 Å². The third-order valence-corrected chi connectivity index (χ3v) is 4.84. The lowest BCUT2D eigenvalue weighted by Gasteiger charge is -2.29. The number of nitrogens with one attached hydrogen (secondary N) is 1. The SMILES string of the molecule is CCCNc1ncc2c(n1)-c1ccccc1C(C1=CCCC=C1)C2. The summed E-state index contributed by atoms with van der Waals surface area (Å²) in [5.41, 5.74) is 6.43. The van der Waals surface area contributed by atoms with Gasteiger partial charge in [0.25, 0.3) is 0 Å². The highest BCUT2D eigenvalue weighted by Gasteiger charge is 2.28.